The lowest BCUT2D eigenvalue weighted by Gasteiger charge is -2.46. The Morgan fingerprint density at radius 3 is 2.71 bits per heavy atom. The van der Waals surface area contributed by atoms with E-state index < -0.39 is 15.6 Å². The van der Waals surface area contributed by atoms with Gasteiger partial charge in [0.05, 0.1) is 22.6 Å². The Labute approximate surface area is 124 Å². The number of aliphatic hydroxyl groups excluding tert-OH is 1. The van der Waals surface area contributed by atoms with Gasteiger partial charge in [0.1, 0.15) is 0 Å². The number of fused-ring (bicyclic) bond motifs is 1. The van der Waals surface area contributed by atoms with E-state index in [1.165, 1.54) is 4.31 Å². The van der Waals surface area contributed by atoms with Gasteiger partial charge in [-0.15, -0.1) is 0 Å². The van der Waals surface area contributed by atoms with Crippen molar-refractivity contribution in [1.29, 1.82) is 0 Å². The Morgan fingerprint density at radius 1 is 1.33 bits per heavy atom. The average Bonchev–Trinajstić information content (AvgIpc) is 2.46. The number of hydrogen-bond donors (Lipinski definition) is 1. The van der Waals surface area contributed by atoms with Crippen molar-refractivity contribution >= 4 is 20.9 Å². The number of aromatic nitrogens is 1. The third-order valence-corrected chi connectivity index (χ3v) is 6.44. The second kappa shape index (κ2) is 5.05. The first-order valence-corrected chi connectivity index (χ1v) is 8.38. The van der Waals surface area contributed by atoms with Crippen molar-refractivity contribution in [2.75, 3.05) is 13.7 Å². The highest BCUT2D eigenvalue weighted by molar-refractivity contribution is 7.89. The molecule has 0 radical (unpaired) electrons. The molecule has 0 bridgehead atoms. The van der Waals surface area contributed by atoms with Crippen molar-refractivity contribution in [3.8, 4) is 0 Å². The van der Waals surface area contributed by atoms with Crippen LogP contribution in [0.4, 0.5) is 0 Å². The second-order valence-corrected chi connectivity index (χ2v) is 7.54. The molecule has 0 aliphatic heterocycles. The molecule has 1 aliphatic rings. The van der Waals surface area contributed by atoms with E-state index in [1.54, 1.807) is 37.5 Å². The van der Waals surface area contributed by atoms with E-state index in [0.29, 0.717) is 12.8 Å². The van der Waals surface area contributed by atoms with Crippen molar-refractivity contribution < 1.29 is 13.5 Å². The van der Waals surface area contributed by atoms with Crippen LogP contribution < -0.4 is 0 Å². The van der Waals surface area contributed by atoms with Gasteiger partial charge in [-0.05, 0) is 43.5 Å². The van der Waals surface area contributed by atoms with Crippen LogP contribution in [-0.4, -0.2) is 42.0 Å². The van der Waals surface area contributed by atoms with E-state index in [-0.39, 0.29) is 11.5 Å². The monoisotopic (exact) mass is 306 g/mol. The molecule has 3 rings (SSSR count). The fourth-order valence-corrected chi connectivity index (χ4v) is 4.37. The van der Waals surface area contributed by atoms with Crippen LogP contribution in [0.25, 0.3) is 10.9 Å². The Hall–Kier alpha value is -1.50. The molecule has 1 fully saturated rings. The van der Waals surface area contributed by atoms with Gasteiger partial charge in [0.25, 0.3) is 0 Å². The minimum Gasteiger partial charge on any atom is -0.394 e. The summed E-state index contributed by atoms with van der Waals surface area (Å²) in [6, 6.07) is 8.54. The van der Waals surface area contributed by atoms with Gasteiger partial charge in [-0.1, -0.05) is 6.07 Å². The molecule has 1 N–H and O–H groups in total. The summed E-state index contributed by atoms with van der Waals surface area (Å²) in [4.78, 5) is 4.43. The standard InChI is InChI=1S/C15H18N2O3S/c1-17(15(11-18)7-3-8-15)21(19,20)13-5-6-14-12(10-13)4-2-9-16-14/h2,4-6,9-10,18H,3,7-8,11H2,1H3. The Kier molecular flexibility index (Phi) is 3.47. The first kappa shape index (κ1) is 14.4. The number of sulfonamides is 1. The lowest BCUT2D eigenvalue weighted by molar-refractivity contribution is 0.0370. The van der Waals surface area contributed by atoms with E-state index in [2.05, 4.69) is 4.98 Å². The predicted octanol–water partition coefficient (Wildman–Crippen LogP) is 1.77. The van der Waals surface area contributed by atoms with Crippen molar-refractivity contribution in [1.82, 2.24) is 9.29 Å². The van der Waals surface area contributed by atoms with Crippen LogP contribution in [0.5, 0.6) is 0 Å². The molecule has 6 heteroatoms. The summed E-state index contributed by atoms with van der Waals surface area (Å²) < 4.78 is 26.9. The molecule has 5 nitrogen and oxygen atoms in total. The summed E-state index contributed by atoms with van der Waals surface area (Å²) >= 11 is 0. The maximum absolute atomic E-state index is 12.8. The highest BCUT2D eigenvalue weighted by Gasteiger charge is 2.45. The van der Waals surface area contributed by atoms with Crippen LogP contribution in [-0.2, 0) is 10.0 Å². The summed E-state index contributed by atoms with van der Waals surface area (Å²) in [7, 11) is -2.06. The molecule has 0 atom stereocenters. The Morgan fingerprint density at radius 2 is 2.10 bits per heavy atom. The zero-order chi connectivity index (χ0) is 15.1. The molecule has 21 heavy (non-hydrogen) atoms. The van der Waals surface area contributed by atoms with Gasteiger partial charge < -0.3 is 5.11 Å². The van der Waals surface area contributed by atoms with Gasteiger partial charge in [-0.25, -0.2) is 8.42 Å². The third-order valence-electron chi connectivity index (χ3n) is 4.48. The molecule has 0 unspecified atom stereocenters. The molecule has 0 spiro atoms. The quantitative estimate of drug-likeness (QED) is 0.934. The summed E-state index contributed by atoms with van der Waals surface area (Å²) in [6.45, 7) is -0.141. The highest BCUT2D eigenvalue weighted by atomic mass is 32.2. The lowest BCUT2D eigenvalue weighted by atomic mass is 9.77. The van der Waals surface area contributed by atoms with Gasteiger partial charge in [0.15, 0.2) is 0 Å². The smallest absolute Gasteiger partial charge is 0.243 e. The number of rotatable bonds is 4. The topological polar surface area (TPSA) is 70.5 Å². The molecule has 0 saturated heterocycles. The number of nitrogens with zero attached hydrogens (tertiary/aromatic N) is 2. The van der Waals surface area contributed by atoms with E-state index >= 15 is 0 Å². The minimum atomic E-state index is -3.62. The van der Waals surface area contributed by atoms with Gasteiger partial charge in [0.2, 0.25) is 10.0 Å². The molecule has 1 aromatic carbocycles. The van der Waals surface area contributed by atoms with Gasteiger partial charge in [-0.2, -0.15) is 4.31 Å². The number of pyridine rings is 1. The molecule has 1 heterocycles. The van der Waals surface area contributed by atoms with Crippen LogP contribution in [0.3, 0.4) is 0 Å². The summed E-state index contributed by atoms with van der Waals surface area (Å²) in [6.07, 6.45) is 4.03. The Balaban J connectivity index is 2.03. The molecular weight excluding hydrogens is 288 g/mol. The van der Waals surface area contributed by atoms with Crippen LogP contribution in [0.2, 0.25) is 0 Å². The van der Waals surface area contributed by atoms with Crippen LogP contribution in [0.15, 0.2) is 41.4 Å². The number of aliphatic hydroxyl groups is 1. The fraction of sp³-hybridized carbons (Fsp3) is 0.400. The van der Waals surface area contributed by atoms with Gasteiger partial charge in [-0.3, -0.25) is 4.98 Å². The van der Waals surface area contributed by atoms with Gasteiger partial charge >= 0.3 is 0 Å². The van der Waals surface area contributed by atoms with Crippen molar-refractivity contribution in [2.24, 2.45) is 0 Å². The molecule has 0 amide bonds. The van der Waals surface area contributed by atoms with Crippen LogP contribution in [0, 0.1) is 0 Å². The zero-order valence-corrected chi connectivity index (χ0v) is 12.7. The maximum atomic E-state index is 12.8. The van der Waals surface area contributed by atoms with Crippen LogP contribution >= 0.6 is 0 Å². The highest BCUT2D eigenvalue weighted by Crippen LogP contribution is 2.39. The van der Waals surface area contributed by atoms with Crippen molar-refractivity contribution in [3.05, 3.63) is 36.5 Å². The normalized spacial score (nSPS) is 17.9. The SMILES string of the molecule is CN(C1(CO)CCC1)S(=O)(=O)c1ccc2ncccc2c1. The number of benzene rings is 1. The number of likely N-dealkylation sites (N-methyl/N-ethyl adjacent to an activating group) is 1. The molecule has 2 aromatic rings. The summed E-state index contributed by atoms with van der Waals surface area (Å²) in [5.74, 6) is 0. The fourth-order valence-electron chi connectivity index (χ4n) is 2.78. The first-order valence-electron chi connectivity index (χ1n) is 6.94. The first-order chi connectivity index (χ1) is 9.99. The Bertz CT molecular complexity index is 764. The zero-order valence-electron chi connectivity index (χ0n) is 11.9. The lowest BCUT2D eigenvalue weighted by Crippen LogP contribution is -2.56. The molecule has 112 valence electrons. The number of hydrogen-bond acceptors (Lipinski definition) is 4. The summed E-state index contributed by atoms with van der Waals surface area (Å²) in [5.41, 5.74) is 0.127. The van der Waals surface area contributed by atoms with Crippen LogP contribution in [0.1, 0.15) is 19.3 Å². The van der Waals surface area contributed by atoms with E-state index in [0.717, 1.165) is 17.3 Å². The van der Waals surface area contributed by atoms with E-state index in [1.807, 2.05) is 6.07 Å². The molecule has 1 aromatic heterocycles. The maximum Gasteiger partial charge on any atom is 0.243 e. The molecular formula is C15H18N2O3S. The van der Waals surface area contributed by atoms with E-state index in [4.69, 9.17) is 0 Å². The average molecular weight is 306 g/mol. The minimum absolute atomic E-state index is 0.141. The largest absolute Gasteiger partial charge is 0.394 e. The van der Waals surface area contributed by atoms with Gasteiger partial charge in [0, 0.05) is 18.6 Å². The molecule has 1 saturated carbocycles. The van der Waals surface area contributed by atoms with Crippen molar-refractivity contribution in [3.63, 3.8) is 0 Å². The summed E-state index contributed by atoms with van der Waals surface area (Å²) in [5, 5.41) is 10.4. The van der Waals surface area contributed by atoms with Crippen molar-refractivity contribution in [2.45, 2.75) is 29.7 Å². The molecule has 1 aliphatic carbocycles. The predicted molar refractivity (Wildman–Crippen MR) is 80.4 cm³/mol. The second-order valence-electron chi connectivity index (χ2n) is 5.57. The third kappa shape index (κ3) is 2.23. The van der Waals surface area contributed by atoms with E-state index in [9.17, 15) is 13.5 Å².